The fraction of sp³-hybridized carbons (Fsp3) is 0.471. The predicted molar refractivity (Wildman–Crippen MR) is 91.8 cm³/mol. The molecule has 7 nitrogen and oxygen atoms in total. The predicted octanol–water partition coefficient (Wildman–Crippen LogP) is 0.537. The average Bonchev–Trinajstić information content (AvgIpc) is 3.30. The molecule has 1 saturated carbocycles. The van der Waals surface area contributed by atoms with Crippen molar-refractivity contribution in [1.82, 2.24) is 15.1 Å². The summed E-state index contributed by atoms with van der Waals surface area (Å²) >= 11 is 0. The van der Waals surface area contributed by atoms with Gasteiger partial charge in [-0.3, -0.25) is 19.3 Å². The summed E-state index contributed by atoms with van der Waals surface area (Å²) in [5.41, 5.74) is 1.18. The second-order valence-corrected chi connectivity index (χ2v) is 6.34. The van der Waals surface area contributed by atoms with E-state index in [1.807, 2.05) is 0 Å². The average molecular weight is 332 g/mol. The zero-order chi connectivity index (χ0) is 17.7. The minimum Gasteiger partial charge on any atom is -0.352 e. The van der Waals surface area contributed by atoms with Gasteiger partial charge in [0.05, 0.1) is 13.1 Å². The van der Waals surface area contributed by atoms with Gasteiger partial charge in [0, 0.05) is 31.4 Å². The third kappa shape index (κ3) is 5.66. The molecule has 0 aromatic heterocycles. The van der Waals surface area contributed by atoms with Crippen LogP contribution in [0.3, 0.4) is 0 Å². The topological polar surface area (TPSA) is 81.8 Å². The van der Waals surface area contributed by atoms with E-state index in [-0.39, 0.29) is 30.8 Å². The van der Waals surface area contributed by atoms with Crippen LogP contribution in [-0.2, 0) is 9.59 Å². The van der Waals surface area contributed by atoms with Gasteiger partial charge in [0.1, 0.15) is 0 Å². The number of benzene rings is 1. The third-order valence-electron chi connectivity index (χ3n) is 3.59. The number of hydrogen-bond acceptors (Lipinski definition) is 4. The van der Waals surface area contributed by atoms with Crippen molar-refractivity contribution in [2.75, 3.05) is 39.5 Å². The van der Waals surface area contributed by atoms with Gasteiger partial charge < -0.3 is 15.5 Å². The van der Waals surface area contributed by atoms with Gasteiger partial charge in [-0.05, 0) is 44.2 Å². The lowest BCUT2D eigenvalue weighted by molar-refractivity contribution is -0.123. The zero-order valence-electron chi connectivity index (χ0n) is 14.3. The van der Waals surface area contributed by atoms with Crippen molar-refractivity contribution in [1.29, 1.82) is 0 Å². The summed E-state index contributed by atoms with van der Waals surface area (Å²) < 4.78 is 0. The fourth-order valence-electron chi connectivity index (χ4n) is 2.20. The fourth-order valence-corrected chi connectivity index (χ4v) is 2.20. The Bertz CT molecular complexity index is 609. The van der Waals surface area contributed by atoms with Crippen molar-refractivity contribution < 1.29 is 14.4 Å². The maximum atomic E-state index is 12.0. The molecule has 0 bridgehead atoms. The SMILES string of the molecule is CN(CC(=O)Nc1ccc(C(=O)N(C)C)cc1)CC(=O)NC1CC1. The minimum atomic E-state index is -0.205. The molecule has 1 fully saturated rings. The number of likely N-dealkylation sites (N-methyl/N-ethyl adjacent to an activating group) is 1. The number of nitrogens with zero attached hydrogens (tertiary/aromatic N) is 2. The molecule has 0 unspecified atom stereocenters. The summed E-state index contributed by atoms with van der Waals surface area (Å²) in [6.45, 7) is 0.316. The Morgan fingerprint density at radius 3 is 2.12 bits per heavy atom. The largest absolute Gasteiger partial charge is 0.352 e. The van der Waals surface area contributed by atoms with E-state index in [4.69, 9.17) is 0 Å². The van der Waals surface area contributed by atoms with Gasteiger partial charge in [-0.2, -0.15) is 0 Å². The Kier molecular flexibility index (Phi) is 5.92. The highest BCUT2D eigenvalue weighted by atomic mass is 16.2. The van der Waals surface area contributed by atoms with Crippen molar-refractivity contribution in [3.63, 3.8) is 0 Å². The van der Waals surface area contributed by atoms with Crippen molar-refractivity contribution in [3.05, 3.63) is 29.8 Å². The first-order chi connectivity index (χ1) is 11.3. The molecule has 0 saturated heterocycles. The van der Waals surface area contributed by atoms with E-state index in [9.17, 15) is 14.4 Å². The summed E-state index contributed by atoms with van der Waals surface area (Å²) in [6.07, 6.45) is 2.09. The Morgan fingerprint density at radius 1 is 1.00 bits per heavy atom. The highest BCUT2D eigenvalue weighted by molar-refractivity contribution is 5.96. The first-order valence-corrected chi connectivity index (χ1v) is 7.94. The van der Waals surface area contributed by atoms with Gasteiger partial charge in [0.2, 0.25) is 11.8 Å². The molecule has 2 rings (SSSR count). The second-order valence-electron chi connectivity index (χ2n) is 6.34. The number of carbonyl (C=O) groups is 3. The molecule has 0 atom stereocenters. The van der Waals surface area contributed by atoms with Gasteiger partial charge in [0.15, 0.2) is 0 Å². The van der Waals surface area contributed by atoms with Crippen LogP contribution in [0.2, 0.25) is 0 Å². The van der Waals surface area contributed by atoms with Crippen LogP contribution in [-0.4, -0.2) is 67.8 Å². The van der Waals surface area contributed by atoms with E-state index in [2.05, 4.69) is 10.6 Å². The quantitative estimate of drug-likeness (QED) is 0.763. The third-order valence-corrected chi connectivity index (χ3v) is 3.59. The van der Waals surface area contributed by atoms with Crippen LogP contribution in [0.15, 0.2) is 24.3 Å². The van der Waals surface area contributed by atoms with Gasteiger partial charge in [-0.15, -0.1) is 0 Å². The molecule has 1 aliphatic carbocycles. The summed E-state index contributed by atoms with van der Waals surface area (Å²) in [7, 11) is 5.10. The molecule has 0 spiro atoms. The summed E-state index contributed by atoms with van der Waals surface area (Å²) in [6, 6.07) is 7.04. The van der Waals surface area contributed by atoms with Crippen molar-refractivity contribution in [2.24, 2.45) is 0 Å². The highest BCUT2D eigenvalue weighted by Crippen LogP contribution is 2.18. The van der Waals surface area contributed by atoms with Crippen molar-refractivity contribution in [3.8, 4) is 0 Å². The molecule has 7 heteroatoms. The monoisotopic (exact) mass is 332 g/mol. The lowest BCUT2D eigenvalue weighted by Crippen LogP contribution is -2.39. The Morgan fingerprint density at radius 2 is 1.58 bits per heavy atom. The molecule has 2 N–H and O–H groups in total. The lowest BCUT2D eigenvalue weighted by atomic mass is 10.2. The smallest absolute Gasteiger partial charge is 0.253 e. The molecule has 1 aromatic rings. The Balaban J connectivity index is 1.78. The van der Waals surface area contributed by atoms with E-state index < -0.39 is 0 Å². The molecule has 1 aromatic carbocycles. The standard InChI is InChI=1S/C17H24N4O3/c1-20(2)17(24)12-4-6-13(7-5-12)18-15(22)10-21(3)11-16(23)19-14-8-9-14/h4-7,14H,8-11H2,1-3H3,(H,18,22)(H,19,23). The summed E-state index contributed by atoms with van der Waals surface area (Å²) in [4.78, 5) is 38.6. The molecule has 130 valence electrons. The molecule has 3 amide bonds. The van der Waals surface area contributed by atoms with E-state index in [1.165, 1.54) is 4.90 Å². The van der Waals surface area contributed by atoms with Crippen LogP contribution >= 0.6 is 0 Å². The molecular formula is C17H24N4O3. The lowest BCUT2D eigenvalue weighted by Gasteiger charge is -2.16. The van der Waals surface area contributed by atoms with E-state index in [0.717, 1.165) is 12.8 Å². The van der Waals surface area contributed by atoms with Crippen LogP contribution in [0.4, 0.5) is 5.69 Å². The number of rotatable bonds is 7. The van der Waals surface area contributed by atoms with Crippen molar-refractivity contribution >= 4 is 23.4 Å². The molecule has 24 heavy (non-hydrogen) atoms. The number of carbonyl (C=O) groups excluding carboxylic acids is 3. The van der Waals surface area contributed by atoms with E-state index in [0.29, 0.717) is 17.3 Å². The summed E-state index contributed by atoms with van der Waals surface area (Å²) in [5.74, 6) is -0.350. The van der Waals surface area contributed by atoms with Crippen LogP contribution in [0, 0.1) is 0 Å². The van der Waals surface area contributed by atoms with Crippen LogP contribution in [0.25, 0.3) is 0 Å². The molecule has 1 aliphatic rings. The number of nitrogens with one attached hydrogen (secondary N) is 2. The first-order valence-electron chi connectivity index (χ1n) is 7.94. The van der Waals surface area contributed by atoms with Crippen molar-refractivity contribution in [2.45, 2.75) is 18.9 Å². The highest BCUT2D eigenvalue weighted by Gasteiger charge is 2.23. The Hall–Kier alpha value is -2.41. The number of anilines is 1. The maximum Gasteiger partial charge on any atom is 0.253 e. The number of hydrogen-bond donors (Lipinski definition) is 2. The van der Waals surface area contributed by atoms with Crippen LogP contribution < -0.4 is 10.6 Å². The zero-order valence-corrected chi connectivity index (χ0v) is 14.3. The van der Waals surface area contributed by atoms with Gasteiger partial charge in [-0.1, -0.05) is 0 Å². The molecule has 0 radical (unpaired) electrons. The van der Waals surface area contributed by atoms with Gasteiger partial charge in [0.25, 0.3) is 5.91 Å². The van der Waals surface area contributed by atoms with Gasteiger partial charge in [-0.25, -0.2) is 0 Å². The van der Waals surface area contributed by atoms with Crippen LogP contribution in [0.1, 0.15) is 23.2 Å². The maximum absolute atomic E-state index is 12.0. The Labute approximate surface area is 142 Å². The van der Waals surface area contributed by atoms with E-state index in [1.54, 1.807) is 50.3 Å². The number of amides is 3. The van der Waals surface area contributed by atoms with Crippen LogP contribution in [0.5, 0.6) is 0 Å². The molecule has 0 aliphatic heterocycles. The van der Waals surface area contributed by atoms with Gasteiger partial charge >= 0.3 is 0 Å². The molecular weight excluding hydrogens is 308 g/mol. The first kappa shape index (κ1) is 17.9. The normalized spacial score (nSPS) is 13.5. The minimum absolute atomic E-state index is 0.0562. The summed E-state index contributed by atoms with van der Waals surface area (Å²) in [5, 5.41) is 5.64. The second kappa shape index (κ2) is 7.92. The van der Waals surface area contributed by atoms with E-state index >= 15 is 0 Å². The molecule has 0 heterocycles.